The third kappa shape index (κ3) is 3.80. The summed E-state index contributed by atoms with van der Waals surface area (Å²) >= 11 is 6.12. The monoisotopic (exact) mass is 475 g/mol. The molecule has 6 aromatic rings. The van der Waals surface area contributed by atoms with Crippen molar-refractivity contribution in [2.24, 2.45) is 0 Å². The van der Waals surface area contributed by atoms with Gasteiger partial charge in [0.05, 0.1) is 17.6 Å². The molecule has 3 heterocycles. The van der Waals surface area contributed by atoms with Gasteiger partial charge in [-0.05, 0) is 59.7 Å². The maximum absolute atomic E-state index is 13.8. The molecule has 3 aromatic carbocycles. The van der Waals surface area contributed by atoms with Crippen LogP contribution in [-0.2, 0) is 0 Å². The van der Waals surface area contributed by atoms with Gasteiger partial charge in [-0.15, -0.1) is 0 Å². The number of rotatable bonds is 4. The van der Waals surface area contributed by atoms with E-state index < -0.39 is 0 Å². The second kappa shape index (κ2) is 8.66. The molecule has 168 valence electrons. The van der Waals surface area contributed by atoms with E-state index in [0.717, 1.165) is 22.4 Å². The van der Waals surface area contributed by atoms with Crippen LogP contribution >= 0.6 is 11.6 Å². The number of benzene rings is 3. The average Bonchev–Trinajstić information content (AvgIpc) is 3.35. The lowest BCUT2D eigenvalue weighted by Crippen LogP contribution is -2.22. The lowest BCUT2D eigenvalue weighted by atomic mass is 10.0. The summed E-state index contributed by atoms with van der Waals surface area (Å²) < 4.78 is 3.30. The van der Waals surface area contributed by atoms with E-state index >= 15 is 0 Å². The van der Waals surface area contributed by atoms with Crippen LogP contribution in [0.2, 0.25) is 5.02 Å². The molecular formula is C28H18ClN5O. The van der Waals surface area contributed by atoms with Crippen LogP contribution in [-0.4, -0.2) is 24.3 Å². The Kier molecular flexibility index (Phi) is 5.20. The fourth-order valence-corrected chi connectivity index (χ4v) is 4.23. The van der Waals surface area contributed by atoms with Crippen molar-refractivity contribution in [3.8, 4) is 33.9 Å². The zero-order chi connectivity index (χ0) is 23.8. The van der Waals surface area contributed by atoms with Crippen LogP contribution in [0, 0.1) is 0 Å². The van der Waals surface area contributed by atoms with Gasteiger partial charge < -0.3 is 0 Å². The molecule has 0 spiro atoms. The van der Waals surface area contributed by atoms with Crippen molar-refractivity contribution in [3.05, 3.63) is 125 Å². The lowest BCUT2D eigenvalue weighted by molar-refractivity contribution is 0.888. The van der Waals surface area contributed by atoms with Gasteiger partial charge in [-0.2, -0.15) is 5.10 Å². The Morgan fingerprint density at radius 3 is 2.06 bits per heavy atom. The quantitative estimate of drug-likeness (QED) is 0.316. The number of nitrogens with zero attached hydrogens (tertiary/aromatic N) is 5. The first kappa shape index (κ1) is 21.0. The predicted octanol–water partition coefficient (Wildman–Crippen LogP) is 5.95. The van der Waals surface area contributed by atoms with Crippen molar-refractivity contribution in [1.82, 2.24) is 24.3 Å². The molecule has 35 heavy (non-hydrogen) atoms. The minimum Gasteiger partial charge on any atom is -0.268 e. The predicted molar refractivity (Wildman–Crippen MR) is 138 cm³/mol. The van der Waals surface area contributed by atoms with E-state index in [1.807, 2.05) is 78.9 Å². The zero-order valence-electron chi connectivity index (χ0n) is 18.4. The summed E-state index contributed by atoms with van der Waals surface area (Å²) in [5, 5.41) is 5.50. The van der Waals surface area contributed by atoms with Crippen LogP contribution in [0.25, 0.3) is 44.9 Å². The summed E-state index contributed by atoms with van der Waals surface area (Å²) in [6, 6.07) is 28.7. The Morgan fingerprint density at radius 1 is 0.686 bits per heavy atom. The molecule has 0 saturated carbocycles. The minimum absolute atomic E-state index is 0.201. The first-order valence-electron chi connectivity index (χ1n) is 11.0. The topological polar surface area (TPSA) is 65.6 Å². The number of halogens is 1. The maximum Gasteiger partial charge on any atom is 0.269 e. The molecule has 0 aliphatic rings. The molecule has 0 radical (unpaired) electrons. The SMILES string of the molecule is O=c1c2cnn(-c3ccccc3)c2nc(-c2ccc(-c3ccncc3)cc2)n1-c1ccc(Cl)cc1. The van der Waals surface area contributed by atoms with E-state index in [1.54, 1.807) is 40.0 Å². The highest BCUT2D eigenvalue weighted by molar-refractivity contribution is 6.30. The van der Waals surface area contributed by atoms with Crippen molar-refractivity contribution in [1.29, 1.82) is 0 Å². The molecule has 0 amide bonds. The highest BCUT2D eigenvalue weighted by Gasteiger charge is 2.18. The number of aromatic nitrogens is 5. The van der Waals surface area contributed by atoms with Gasteiger partial charge in [0.25, 0.3) is 5.56 Å². The van der Waals surface area contributed by atoms with Crippen molar-refractivity contribution in [2.45, 2.75) is 0 Å². The molecule has 3 aromatic heterocycles. The van der Waals surface area contributed by atoms with E-state index in [1.165, 1.54) is 0 Å². The van der Waals surface area contributed by atoms with Gasteiger partial charge in [-0.1, -0.05) is 54.1 Å². The molecule has 7 heteroatoms. The fraction of sp³-hybridized carbons (Fsp3) is 0. The molecule has 0 aliphatic carbocycles. The molecule has 0 unspecified atom stereocenters. The largest absolute Gasteiger partial charge is 0.269 e. The van der Waals surface area contributed by atoms with E-state index in [0.29, 0.717) is 27.6 Å². The Morgan fingerprint density at radius 2 is 1.34 bits per heavy atom. The van der Waals surface area contributed by atoms with Gasteiger partial charge in [-0.25, -0.2) is 9.67 Å². The highest BCUT2D eigenvalue weighted by atomic mass is 35.5. The molecule has 6 nitrogen and oxygen atoms in total. The third-order valence-corrected chi connectivity index (χ3v) is 6.10. The molecule has 0 N–H and O–H groups in total. The van der Waals surface area contributed by atoms with Crippen LogP contribution in [0.15, 0.2) is 114 Å². The second-order valence-corrected chi connectivity index (χ2v) is 8.43. The van der Waals surface area contributed by atoms with Gasteiger partial charge in [0.2, 0.25) is 0 Å². The number of fused-ring (bicyclic) bond motifs is 1. The molecule has 0 saturated heterocycles. The summed E-state index contributed by atoms with van der Waals surface area (Å²) in [6.07, 6.45) is 5.10. The lowest BCUT2D eigenvalue weighted by Gasteiger charge is -2.14. The van der Waals surface area contributed by atoms with Crippen molar-refractivity contribution >= 4 is 22.6 Å². The molecule has 0 atom stereocenters. The molecule has 6 rings (SSSR count). The molecule has 0 bridgehead atoms. The van der Waals surface area contributed by atoms with Crippen LogP contribution in [0.1, 0.15) is 0 Å². The summed E-state index contributed by atoms with van der Waals surface area (Å²) in [5.41, 5.74) is 4.72. The number of hydrogen-bond acceptors (Lipinski definition) is 4. The van der Waals surface area contributed by atoms with Crippen molar-refractivity contribution in [3.63, 3.8) is 0 Å². The molecule has 0 aliphatic heterocycles. The van der Waals surface area contributed by atoms with Crippen LogP contribution in [0.5, 0.6) is 0 Å². The van der Waals surface area contributed by atoms with Gasteiger partial charge in [-0.3, -0.25) is 14.3 Å². The Hall–Kier alpha value is -4.55. The highest BCUT2D eigenvalue weighted by Crippen LogP contribution is 2.27. The summed E-state index contributed by atoms with van der Waals surface area (Å²) in [6.45, 7) is 0. The Labute approximate surface area is 205 Å². The number of para-hydroxylation sites is 1. The molecular weight excluding hydrogens is 458 g/mol. The van der Waals surface area contributed by atoms with Crippen molar-refractivity contribution in [2.75, 3.05) is 0 Å². The van der Waals surface area contributed by atoms with Crippen LogP contribution in [0.4, 0.5) is 0 Å². The van der Waals surface area contributed by atoms with E-state index in [4.69, 9.17) is 16.6 Å². The van der Waals surface area contributed by atoms with E-state index in [9.17, 15) is 4.79 Å². The van der Waals surface area contributed by atoms with Crippen molar-refractivity contribution < 1.29 is 0 Å². The summed E-state index contributed by atoms with van der Waals surface area (Å²) in [4.78, 5) is 22.8. The minimum atomic E-state index is -0.201. The van der Waals surface area contributed by atoms with E-state index in [2.05, 4.69) is 10.1 Å². The standard InChI is InChI=1S/C28H18ClN5O/c29-22-10-12-23(13-11-22)33-26(21-8-6-19(7-9-21)20-14-16-30-17-15-20)32-27-25(28(33)35)18-31-34(27)24-4-2-1-3-5-24/h1-18H. The smallest absolute Gasteiger partial charge is 0.268 e. The zero-order valence-corrected chi connectivity index (χ0v) is 19.2. The number of hydrogen-bond donors (Lipinski definition) is 0. The number of pyridine rings is 1. The fourth-order valence-electron chi connectivity index (χ4n) is 4.10. The Balaban J connectivity index is 1.59. The first-order chi connectivity index (χ1) is 17.2. The first-order valence-corrected chi connectivity index (χ1v) is 11.4. The maximum atomic E-state index is 13.8. The van der Waals surface area contributed by atoms with Gasteiger partial charge >= 0.3 is 0 Å². The van der Waals surface area contributed by atoms with Crippen LogP contribution < -0.4 is 5.56 Å². The summed E-state index contributed by atoms with van der Waals surface area (Å²) in [5.74, 6) is 0.517. The van der Waals surface area contributed by atoms with Gasteiger partial charge in [0.15, 0.2) is 5.65 Å². The molecule has 0 fully saturated rings. The summed E-state index contributed by atoms with van der Waals surface area (Å²) in [7, 11) is 0. The Bertz CT molecular complexity index is 1690. The van der Waals surface area contributed by atoms with E-state index in [-0.39, 0.29) is 5.56 Å². The normalized spacial score (nSPS) is 11.1. The third-order valence-electron chi connectivity index (χ3n) is 5.84. The van der Waals surface area contributed by atoms with Crippen LogP contribution in [0.3, 0.4) is 0 Å². The van der Waals surface area contributed by atoms with Gasteiger partial charge in [0, 0.05) is 23.0 Å². The van der Waals surface area contributed by atoms with Gasteiger partial charge in [0.1, 0.15) is 11.2 Å². The second-order valence-electron chi connectivity index (χ2n) is 7.99. The average molecular weight is 476 g/mol.